The molecule has 0 atom stereocenters. The van der Waals surface area contributed by atoms with E-state index in [1.807, 2.05) is 24.3 Å². The van der Waals surface area contributed by atoms with Crippen LogP contribution in [0.25, 0.3) is 0 Å². The molecule has 0 saturated carbocycles. The average Bonchev–Trinajstić information content (AvgIpc) is 2.45. The van der Waals surface area contributed by atoms with Crippen molar-refractivity contribution < 1.29 is 4.74 Å². The largest absolute Gasteiger partial charge is 0.497 e. The Labute approximate surface area is 117 Å². The summed E-state index contributed by atoms with van der Waals surface area (Å²) in [5.41, 5.74) is 2.38. The number of hydrogen-bond donors (Lipinski definition) is 1. The van der Waals surface area contributed by atoms with Gasteiger partial charge in [-0.25, -0.2) is 0 Å². The van der Waals surface area contributed by atoms with Gasteiger partial charge in [-0.05, 0) is 35.9 Å². The Morgan fingerprint density at radius 2 is 2.11 bits per heavy atom. The highest BCUT2D eigenvalue weighted by Gasteiger charge is 2.03. The maximum Gasteiger partial charge on any atom is 0.119 e. The van der Waals surface area contributed by atoms with Gasteiger partial charge in [0.05, 0.1) is 18.4 Å². The zero-order valence-corrected chi connectivity index (χ0v) is 11.2. The molecule has 1 N–H and O–H groups in total. The number of halogens is 1. The van der Waals surface area contributed by atoms with Crippen LogP contribution in [0.1, 0.15) is 11.1 Å². The first-order chi connectivity index (χ1) is 9.22. The van der Waals surface area contributed by atoms with Crippen molar-refractivity contribution in [1.29, 1.82) is 5.26 Å². The van der Waals surface area contributed by atoms with Crippen LogP contribution in [0.5, 0.6) is 5.75 Å². The fourth-order valence-corrected chi connectivity index (χ4v) is 1.91. The molecule has 4 heteroatoms. The molecule has 3 nitrogen and oxygen atoms in total. The van der Waals surface area contributed by atoms with E-state index in [4.69, 9.17) is 21.6 Å². The maximum atomic E-state index is 9.04. The summed E-state index contributed by atoms with van der Waals surface area (Å²) in [6.07, 6.45) is 0. The minimum atomic E-state index is 0.576. The van der Waals surface area contributed by atoms with Crippen LogP contribution >= 0.6 is 11.6 Å². The molecule has 0 saturated heterocycles. The molecule has 2 aromatic carbocycles. The highest BCUT2D eigenvalue weighted by Crippen LogP contribution is 2.21. The summed E-state index contributed by atoms with van der Waals surface area (Å²) in [4.78, 5) is 0. The van der Waals surface area contributed by atoms with Gasteiger partial charge in [0.1, 0.15) is 11.8 Å². The van der Waals surface area contributed by atoms with E-state index in [2.05, 4.69) is 11.4 Å². The summed E-state index contributed by atoms with van der Waals surface area (Å²) >= 11 is 5.93. The number of nitriles is 1. The number of hydrogen-bond acceptors (Lipinski definition) is 3. The van der Waals surface area contributed by atoms with Crippen molar-refractivity contribution >= 4 is 17.3 Å². The van der Waals surface area contributed by atoms with Gasteiger partial charge in [0.2, 0.25) is 0 Å². The third kappa shape index (κ3) is 3.40. The number of ether oxygens (including phenoxy) is 1. The van der Waals surface area contributed by atoms with E-state index >= 15 is 0 Å². The molecule has 0 aliphatic heterocycles. The van der Waals surface area contributed by atoms with Crippen LogP contribution < -0.4 is 10.1 Å². The maximum absolute atomic E-state index is 9.04. The summed E-state index contributed by atoms with van der Waals surface area (Å²) in [5.74, 6) is 0.811. The Hall–Kier alpha value is -2.18. The van der Waals surface area contributed by atoms with E-state index in [9.17, 15) is 0 Å². The molecule has 0 fully saturated rings. The van der Waals surface area contributed by atoms with Gasteiger partial charge in [-0.15, -0.1) is 0 Å². The molecular formula is C15H13ClN2O. The third-order valence-electron chi connectivity index (χ3n) is 2.72. The van der Waals surface area contributed by atoms with Gasteiger partial charge in [0, 0.05) is 11.6 Å². The van der Waals surface area contributed by atoms with E-state index in [1.54, 1.807) is 25.3 Å². The fourth-order valence-electron chi connectivity index (χ4n) is 1.74. The molecule has 0 amide bonds. The van der Waals surface area contributed by atoms with E-state index in [-0.39, 0.29) is 0 Å². The number of nitrogens with zero attached hydrogens (tertiary/aromatic N) is 1. The molecule has 0 heterocycles. The van der Waals surface area contributed by atoms with Gasteiger partial charge >= 0.3 is 0 Å². The Balaban J connectivity index is 2.14. The average molecular weight is 273 g/mol. The van der Waals surface area contributed by atoms with Crippen molar-refractivity contribution in [3.05, 3.63) is 58.6 Å². The van der Waals surface area contributed by atoms with E-state index in [0.29, 0.717) is 17.1 Å². The van der Waals surface area contributed by atoms with Crippen LogP contribution in [0.4, 0.5) is 5.69 Å². The summed E-state index contributed by atoms with van der Waals surface area (Å²) in [6, 6.07) is 15.1. The molecular weight excluding hydrogens is 260 g/mol. The number of benzene rings is 2. The number of methoxy groups -OCH3 is 1. The minimum absolute atomic E-state index is 0.576. The van der Waals surface area contributed by atoms with Gasteiger partial charge in [-0.3, -0.25) is 0 Å². The second kappa shape index (κ2) is 6.12. The lowest BCUT2D eigenvalue weighted by atomic mass is 10.1. The normalized spacial score (nSPS) is 9.74. The third-order valence-corrected chi connectivity index (χ3v) is 2.95. The predicted molar refractivity (Wildman–Crippen MR) is 76.5 cm³/mol. The molecule has 0 aliphatic carbocycles. The number of rotatable bonds is 4. The smallest absolute Gasteiger partial charge is 0.119 e. The molecule has 2 rings (SSSR count). The lowest BCUT2D eigenvalue weighted by Crippen LogP contribution is -2.01. The second-order valence-electron chi connectivity index (χ2n) is 4.01. The Bertz CT molecular complexity index is 620. The summed E-state index contributed by atoms with van der Waals surface area (Å²) < 4.78 is 5.17. The van der Waals surface area contributed by atoms with Crippen LogP contribution in [-0.4, -0.2) is 7.11 Å². The first-order valence-corrected chi connectivity index (χ1v) is 6.17. The minimum Gasteiger partial charge on any atom is -0.497 e. The first-order valence-electron chi connectivity index (χ1n) is 5.79. The van der Waals surface area contributed by atoms with Crippen LogP contribution in [0.2, 0.25) is 5.02 Å². The van der Waals surface area contributed by atoms with Crippen molar-refractivity contribution in [1.82, 2.24) is 0 Å². The van der Waals surface area contributed by atoms with Gasteiger partial charge < -0.3 is 10.1 Å². The van der Waals surface area contributed by atoms with E-state index in [1.165, 1.54) is 0 Å². The van der Waals surface area contributed by atoms with Gasteiger partial charge in [-0.2, -0.15) is 5.26 Å². The lowest BCUT2D eigenvalue weighted by Gasteiger charge is -2.09. The number of anilines is 1. The van der Waals surface area contributed by atoms with Crippen molar-refractivity contribution in [2.75, 3.05) is 12.4 Å². The van der Waals surface area contributed by atoms with E-state index < -0.39 is 0 Å². The topological polar surface area (TPSA) is 45.0 Å². The molecule has 2 aromatic rings. The highest BCUT2D eigenvalue weighted by molar-refractivity contribution is 6.30. The SMILES string of the molecule is COc1cccc(CNc2cc(Cl)ccc2C#N)c1. The van der Waals surface area contributed by atoms with E-state index in [0.717, 1.165) is 17.0 Å². The molecule has 0 aliphatic rings. The predicted octanol–water partition coefficient (Wildman–Crippen LogP) is 3.83. The van der Waals surface area contributed by atoms with Crippen LogP contribution in [-0.2, 0) is 6.54 Å². The summed E-state index contributed by atoms with van der Waals surface area (Å²) in [7, 11) is 1.64. The monoisotopic (exact) mass is 272 g/mol. The number of nitrogens with one attached hydrogen (secondary N) is 1. The quantitative estimate of drug-likeness (QED) is 0.920. The van der Waals surface area contributed by atoms with Crippen molar-refractivity contribution in [2.45, 2.75) is 6.54 Å². The molecule has 96 valence electrons. The van der Waals surface area contributed by atoms with Gasteiger partial charge in [0.15, 0.2) is 0 Å². The Morgan fingerprint density at radius 3 is 2.84 bits per heavy atom. The van der Waals surface area contributed by atoms with Crippen molar-refractivity contribution in [2.24, 2.45) is 0 Å². The molecule has 0 aromatic heterocycles. The zero-order valence-electron chi connectivity index (χ0n) is 10.5. The molecule has 0 radical (unpaired) electrons. The lowest BCUT2D eigenvalue weighted by molar-refractivity contribution is 0.414. The van der Waals surface area contributed by atoms with Crippen LogP contribution in [0, 0.1) is 11.3 Å². The fraction of sp³-hybridized carbons (Fsp3) is 0.133. The van der Waals surface area contributed by atoms with Crippen molar-refractivity contribution in [3.63, 3.8) is 0 Å². The summed E-state index contributed by atoms with van der Waals surface area (Å²) in [5, 5.41) is 12.8. The Morgan fingerprint density at radius 1 is 1.26 bits per heavy atom. The van der Waals surface area contributed by atoms with Crippen molar-refractivity contribution in [3.8, 4) is 11.8 Å². The van der Waals surface area contributed by atoms with Gasteiger partial charge in [-0.1, -0.05) is 23.7 Å². The van der Waals surface area contributed by atoms with Gasteiger partial charge in [0.25, 0.3) is 0 Å². The standard InChI is InChI=1S/C15H13ClN2O/c1-19-14-4-2-3-11(7-14)10-18-15-8-13(16)6-5-12(15)9-17/h2-8,18H,10H2,1H3. The first kappa shape index (κ1) is 13.3. The second-order valence-corrected chi connectivity index (χ2v) is 4.44. The molecule has 0 spiro atoms. The van der Waals surface area contributed by atoms with Crippen LogP contribution in [0.3, 0.4) is 0 Å². The van der Waals surface area contributed by atoms with Crippen LogP contribution in [0.15, 0.2) is 42.5 Å². The molecule has 0 bridgehead atoms. The highest BCUT2D eigenvalue weighted by atomic mass is 35.5. The zero-order chi connectivity index (χ0) is 13.7. The molecule has 0 unspecified atom stereocenters. The molecule has 19 heavy (non-hydrogen) atoms. The Kier molecular flexibility index (Phi) is 4.27. The summed E-state index contributed by atoms with van der Waals surface area (Å²) in [6.45, 7) is 0.603.